The molecule has 0 radical (unpaired) electrons. The van der Waals surface area contributed by atoms with Crippen LogP contribution in [0, 0.1) is 0 Å². The lowest BCUT2D eigenvalue weighted by Crippen LogP contribution is -2.31. The van der Waals surface area contributed by atoms with E-state index < -0.39 is 5.60 Å². The van der Waals surface area contributed by atoms with Crippen molar-refractivity contribution in [3.63, 3.8) is 0 Å². The van der Waals surface area contributed by atoms with Gasteiger partial charge in [0.05, 0.1) is 12.7 Å². The molecule has 1 aromatic rings. The standard InChI is InChI=1S/C14H19BrO3/c1-17-12-3-4-13(15)11(9-12)10-14(16)5-2-7-18-8-6-14/h3-4,9,16H,2,5-8,10H2,1H3. The Hall–Kier alpha value is -0.580. The van der Waals surface area contributed by atoms with E-state index in [1.165, 1.54) is 0 Å². The van der Waals surface area contributed by atoms with E-state index in [9.17, 15) is 5.11 Å². The Morgan fingerprint density at radius 3 is 3.00 bits per heavy atom. The third-order valence-corrected chi connectivity index (χ3v) is 4.19. The van der Waals surface area contributed by atoms with Gasteiger partial charge in [-0.2, -0.15) is 0 Å². The lowest BCUT2D eigenvalue weighted by Gasteiger charge is -2.26. The summed E-state index contributed by atoms with van der Waals surface area (Å²) in [6.07, 6.45) is 3.03. The minimum Gasteiger partial charge on any atom is -0.497 e. The van der Waals surface area contributed by atoms with Crippen molar-refractivity contribution in [3.05, 3.63) is 28.2 Å². The van der Waals surface area contributed by atoms with Crippen molar-refractivity contribution in [2.45, 2.75) is 31.3 Å². The molecule has 0 amide bonds. The van der Waals surface area contributed by atoms with Gasteiger partial charge in [0.15, 0.2) is 0 Å². The zero-order valence-electron chi connectivity index (χ0n) is 10.6. The second-order valence-corrected chi connectivity index (χ2v) is 5.68. The molecule has 1 aromatic carbocycles. The van der Waals surface area contributed by atoms with E-state index in [0.717, 1.165) is 35.2 Å². The summed E-state index contributed by atoms with van der Waals surface area (Å²) in [4.78, 5) is 0. The topological polar surface area (TPSA) is 38.7 Å². The van der Waals surface area contributed by atoms with Crippen molar-refractivity contribution >= 4 is 15.9 Å². The number of ether oxygens (including phenoxy) is 2. The maximum atomic E-state index is 10.7. The minimum absolute atomic E-state index is 0.633. The zero-order chi connectivity index (χ0) is 13.0. The summed E-state index contributed by atoms with van der Waals surface area (Å²) in [7, 11) is 1.65. The molecule has 3 nitrogen and oxygen atoms in total. The Balaban J connectivity index is 2.16. The lowest BCUT2D eigenvalue weighted by molar-refractivity contribution is 0.0187. The van der Waals surface area contributed by atoms with Crippen molar-refractivity contribution in [1.29, 1.82) is 0 Å². The van der Waals surface area contributed by atoms with Gasteiger partial charge in [0.2, 0.25) is 0 Å². The van der Waals surface area contributed by atoms with Crippen molar-refractivity contribution < 1.29 is 14.6 Å². The molecule has 100 valence electrons. The number of halogens is 1. The summed E-state index contributed by atoms with van der Waals surface area (Å²) >= 11 is 3.53. The van der Waals surface area contributed by atoms with Gasteiger partial charge in [-0.1, -0.05) is 15.9 Å². The molecule has 0 spiro atoms. The van der Waals surface area contributed by atoms with Gasteiger partial charge in [0.1, 0.15) is 5.75 Å². The van der Waals surface area contributed by atoms with Crippen LogP contribution in [0.25, 0.3) is 0 Å². The van der Waals surface area contributed by atoms with Crippen LogP contribution in [0.15, 0.2) is 22.7 Å². The second kappa shape index (κ2) is 6.04. The molecule has 0 aliphatic carbocycles. The Labute approximate surface area is 116 Å². The zero-order valence-corrected chi connectivity index (χ0v) is 12.2. The van der Waals surface area contributed by atoms with Crippen LogP contribution >= 0.6 is 15.9 Å². The van der Waals surface area contributed by atoms with Crippen molar-refractivity contribution in [2.24, 2.45) is 0 Å². The highest BCUT2D eigenvalue weighted by atomic mass is 79.9. The number of aliphatic hydroxyl groups is 1. The first kappa shape index (κ1) is 13.8. The van der Waals surface area contributed by atoms with Crippen LogP contribution in [-0.2, 0) is 11.2 Å². The van der Waals surface area contributed by atoms with Gasteiger partial charge in [-0.15, -0.1) is 0 Å². The predicted octanol–water partition coefficient (Wildman–Crippen LogP) is 2.93. The molecule has 1 unspecified atom stereocenters. The van der Waals surface area contributed by atoms with Gasteiger partial charge >= 0.3 is 0 Å². The molecule has 0 saturated carbocycles. The van der Waals surface area contributed by atoms with Crippen LogP contribution in [0.3, 0.4) is 0 Å². The van der Waals surface area contributed by atoms with E-state index >= 15 is 0 Å². The van der Waals surface area contributed by atoms with E-state index in [1.54, 1.807) is 7.11 Å². The van der Waals surface area contributed by atoms with E-state index in [-0.39, 0.29) is 0 Å². The summed E-state index contributed by atoms with van der Waals surface area (Å²) < 4.78 is 11.7. The van der Waals surface area contributed by atoms with Gasteiger partial charge in [-0.25, -0.2) is 0 Å². The molecule has 18 heavy (non-hydrogen) atoms. The first-order valence-electron chi connectivity index (χ1n) is 6.25. The summed E-state index contributed by atoms with van der Waals surface area (Å²) in [6, 6.07) is 5.85. The molecule has 1 fully saturated rings. The maximum absolute atomic E-state index is 10.7. The normalized spacial score (nSPS) is 24.6. The molecule has 1 aliphatic heterocycles. The molecule has 0 bridgehead atoms. The highest BCUT2D eigenvalue weighted by molar-refractivity contribution is 9.10. The van der Waals surface area contributed by atoms with E-state index in [2.05, 4.69) is 15.9 Å². The maximum Gasteiger partial charge on any atom is 0.119 e. The molecule has 1 saturated heterocycles. The first-order chi connectivity index (χ1) is 8.63. The second-order valence-electron chi connectivity index (χ2n) is 4.82. The third-order valence-electron chi connectivity index (χ3n) is 3.41. The largest absolute Gasteiger partial charge is 0.497 e. The molecule has 4 heteroatoms. The van der Waals surface area contributed by atoms with Gasteiger partial charge in [0.25, 0.3) is 0 Å². The summed E-state index contributed by atoms with van der Waals surface area (Å²) in [5, 5.41) is 10.7. The van der Waals surface area contributed by atoms with Crippen molar-refractivity contribution in [1.82, 2.24) is 0 Å². The Bertz CT molecular complexity index is 398. The summed E-state index contributed by atoms with van der Waals surface area (Å²) in [6.45, 7) is 1.39. The average molecular weight is 315 g/mol. The smallest absolute Gasteiger partial charge is 0.119 e. The summed E-state index contributed by atoms with van der Waals surface area (Å²) in [5.41, 5.74) is 0.421. The molecular formula is C14H19BrO3. The quantitative estimate of drug-likeness (QED) is 0.932. The molecule has 1 aliphatic rings. The third kappa shape index (κ3) is 3.46. The Morgan fingerprint density at radius 1 is 1.39 bits per heavy atom. The van der Waals surface area contributed by atoms with E-state index in [0.29, 0.717) is 19.4 Å². The molecular weight excluding hydrogens is 296 g/mol. The SMILES string of the molecule is COc1ccc(Br)c(CC2(O)CCCOCC2)c1. The molecule has 0 aromatic heterocycles. The number of benzene rings is 1. The first-order valence-corrected chi connectivity index (χ1v) is 7.05. The molecule has 1 N–H and O–H groups in total. The van der Waals surface area contributed by atoms with Gasteiger partial charge < -0.3 is 14.6 Å². The fourth-order valence-electron chi connectivity index (χ4n) is 2.34. The molecule has 2 rings (SSSR count). The molecule has 1 heterocycles. The van der Waals surface area contributed by atoms with Crippen LogP contribution in [-0.4, -0.2) is 31.0 Å². The van der Waals surface area contributed by atoms with Crippen LogP contribution in [0.5, 0.6) is 5.75 Å². The van der Waals surface area contributed by atoms with Gasteiger partial charge in [0, 0.05) is 24.1 Å². The van der Waals surface area contributed by atoms with Crippen LogP contribution in [0.2, 0.25) is 0 Å². The number of hydrogen-bond acceptors (Lipinski definition) is 3. The van der Waals surface area contributed by atoms with E-state index in [4.69, 9.17) is 9.47 Å². The van der Waals surface area contributed by atoms with Crippen LogP contribution in [0.1, 0.15) is 24.8 Å². The highest BCUT2D eigenvalue weighted by Gasteiger charge is 2.29. The Morgan fingerprint density at radius 2 is 2.22 bits per heavy atom. The van der Waals surface area contributed by atoms with Crippen molar-refractivity contribution in [2.75, 3.05) is 20.3 Å². The average Bonchev–Trinajstić information content (AvgIpc) is 2.57. The highest BCUT2D eigenvalue weighted by Crippen LogP contribution is 2.30. The van der Waals surface area contributed by atoms with Crippen LogP contribution < -0.4 is 4.74 Å². The number of hydrogen-bond donors (Lipinski definition) is 1. The number of rotatable bonds is 3. The van der Waals surface area contributed by atoms with Crippen LogP contribution in [0.4, 0.5) is 0 Å². The molecule has 1 atom stereocenters. The fraction of sp³-hybridized carbons (Fsp3) is 0.571. The van der Waals surface area contributed by atoms with Gasteiger partial charge in [-0.3, -0.25) is 0 Å². The Kier molecular flexibility index (Phi) is 4.65. The van der Waals surface area contributed by atoms with E-state index in [1.807, 2.05) is 18.2 Å². The predicted molar refractivity (Wildman–Crippen MR) is 74.0 cm³/mol. The monoisotopic (exact) mass is 314 g/mol. The summed E-state index contributed by atoms with van der Waals surface area (Å²) in [5.74, 6) is 0.821. The van der Waals surface area contributed by atoms with Gasteiger partial charge in [-0.05, 0) is 43.0 Å². The number of methoxy groups -OCH3 is 1. The fourth-order valence-corrected chi connectivity index (χ4v) is 2.72. The lowest BCUT2D eigenvalue weighted by atomic mass is 9.88. The van der Waals surface area contributed by atoms with Crippen molar-refractivity contribution in [3.8, 4) is 5.75 Å². The minimum atomic E-state index is -0.661.